The topological polar surface area (TPSA) is 41.1 Å². The zero-order valence-corrected chi connectivity index (χ0v) is 9.43. The standard InChI is InChI=1S/C12H22N2O/c15-12(7-6-10-3-1-4-10)14-11-5-2-8-13-9-11/h10-11,13H,1-9H2,(H,14,15)/t11-/m0/s1. The van der Waals surface area contributed by atoms with E-state index in [1.807, 2.05) is 0 Å². The van der Waals surface area contributed by atoms with Crippen molar-refractivity contribution >= 4 is 5.91 Å². The van der Waals surface area contributed by atoms with Gasteiger partial charge in [0, 0.05) is 19.0 Å². The highest BCUT2D eigenvalue weighted by Gasteiger charge is 2.19. The van der Waals surface area contributed by atoms with Crippen LogP contribution in [0.4, 0.5) is 0 Å². The van der Waals surface area contributed by atoms with E-state index in [-0.39, 0.29) is 5.91 Å². The van der Waals surface area contributed by atoms with Crippen LogP contribution in [-0.4, -0.2) is 25.0 Å². The lowest BCUT2D eigenvalue weighted by Crippen LogP contribution is -2.45. The van der Waals surface area contributed by atoms with Crippen LogP contribution in [0, 0.1) is 5.92 Å². The highest BCUT2D eigenvalue weighted by atomic mass is 16.1. The van der Waals surface area contributed by atoms with E-state index in [0.717, 1.165) is 38.3 Å². The third kappa shape index (κ3) is 3.49. The molecule has 2 aliphatic rings. The van der Waals surface area contributed by atoms with Crippen molar-refractivity contribution in [2.24, 2.45) is 5.92 Å². The van der Waals surface area contributed by atoms with Gasteiger partial charge in [0.25, 0.3) is 0 Å². The maximum atomic E-state index is 11.6. The predicted molar refractivity (Wildman–Crippen MR) is 60.6 cm³/mol. The number of carbonyl (C=O) groups excluding carboxylic acids is 1. The molecule has 86 valence electrons. The maximum absolute atomic E-state index is 11.6. The van der Waals surface area contributed by atoms with Crippen molar-refractivity contribution in [2.75, 3.05) is 13.1 Å². The lowest BCUT2D eigenvalue weighted by molar-refractivity contribution is -0.122. The Labute approximate surface area is 92.0 Å². The quantitative estimate of drug-likeness (QED) is 0.737. The third-order valence-electron chi connectivity index (χ3n) is 3.67. The number of hydrogen-bond donors (Lipinski definition) is 2. The molecule has 0 aromatic heterocycles. The lowest BCUT2D eigenvalue weighted by Gasteiger charge is -2.26. The molecule has 15 heavy (non-hydrogen) atoms. The number of carbonyl (C=O) groups is 1. The van der Waals surface area contributed by atoms with Crippen molar-refractivity contribution < 1.29 is 4.79 Å². The van der Waals surface area contributed by atoms with Gasteiger partial charge in [0.1, 0.15) is 0 Å². The Morgan fingerprint density at radius 3 is 2.73 bits per heavy atom. The van der Waals surface area contributed by atoms with Crippen molar-refractivity contribution in [1.82, 2.24) is 10.6 Å². The van der Waals surface area contributed by atoms with Gasteiger partial charge in [-0.15, -0.1) is 0 Å². The van der Waals surface area contributed by atoms with Crippen molar-refractivity contribution in [3.8, 4) is 0 Å². The average molecular weight is 210 g/mol. The molecule has 3 nitrogen and oxygen atoms in total. The molecular weight excluding hydrogens is 188 g/mol. The minimum Gasteiger partial charge on any atom is -0.352 e. The van der Waals surface area contributed by atoms with Crippen LogP contribution in [0.2, 0.25) is 0 Å². The van der Waals surface area contributed by atoms with Crippen molar-refractivity contribution in [1.29, 1.82) is 0 Å². The molecule has 1 amide bonds. The SMILES string of the molecule is O=C(CCC1CCC1)N[C@H]1CCCNC1. The van der Waals surface area contributed by atoms with E-state index in [0.29, 0.717) is 6.04 Å². The first kappa shape index (κ1) is 10.9. The van der Waals surface area contributed by atoms with E-state index < -0.39 is 0 Å². The zero-order valence-electron chi connectivity index (χ0n) is 9.43. The van der Waals surface area contributed by atoms with Crippen LogP contribution in [0.3, 0.4) is 0 Å². The Balaban J connectivity index is 1.58. The van der Waals surface area contributed by atoms with Crippen LogP contribution in [0.5, 0.6) is 0 Å². The summed E-state index contributed by atoms with van der Waals surface area (Å²) < 4.78 is 0. The van der Waals surface area contributed by atoms with E-state index in [4.69, 9.17) is 0 Å². The number of rotatable bonds is 4. The van der Waals surface area contributed by atoms with Crippen LogP contribution in [0.25, 0.3) is 0 Å². The van der Waals surface area contributed by atoms with Crippen molar-refractivity contribution in [2.45, 2.75) is 51.0 Å². The Hall–Kier alpha value is -0.570. The van der Waals surface area contributed by atoms with Gasteiger partial charge in [-0.1, -0.05) is 19.3 Å². The molecule has 0 aromatic carbocycles. The molecule has 3 heteroatoms. The number of nitrogens with one attached hydrogen (secondary N) is 2. The molecule has 1 heterocycles. The second-order valence-corrected chi connectivity index (χ2v) is 4.95. The Bertz CT molecular complexity index is 208. The smallest absolute Gasteiger partial charge is 0.220 e. The second-order valence-electron chi connectivity index (χ2n) is 4.95. The highest BCUT2D eigenvalue weighted by molar-refractivity contribution is 5.76. The summed E-state index contributed by atoms with van der Waals surface area (Å²) in [6, 6.07) is 0.382. The molecule has 2 rings (SSSR count). The van der Waals surface area contributed by atoms with Crippen LogP contribution in [-0.2, 0) is 4.79 Å². The molecule has 0 aromatic rings. The van der Waals surface area contributed by atoms with E-state index in [2.05, 4.69) is 10.6 Å². The predicted octanol–water partition coefficient (Wildman–Crippen LogP) is 1.43. The van der Waals surface area contributed by atoms with Gasteiger partial charge in [0.2, 0.25) is 5.91 Å². The highest BCUT2D eigenvalue weighted by Crippen LogP contribution is 2.30. The largest absolute Gasteiger partial charge is 0.352 e. The zero-order chi connectivity index (χ0) is 10.5. The maximum Gasteiger partial charge on any atom is 0.220 e. The summed E-state index contributed by atoms with van der Waals surface area (Å²) in [5, 5.41) is 6.43. The van der Waals surface area contributed by atoms with Crippen LogP contribution in [0.1, 0.15) is 44.9 Å². The number of hydrogen-bond acceptors (Lipinski definition) is 2. The van der Waals surface area contributed by atoms with Gasteiger partial charge in [-0.25, -0.2) is 0 Å². The van der Waals surface area contributed by atoms with Gasteiger partial charge in [-0.2, -0.15) is 0 Å². The molecule has 1 aliphatic carbocycles. The molecule has 0 bridgehead atoms. The molecule has 1 saturated carbocycles. The van der Waals surface area contributed by atoms with E-state index in [1.54, 1.807) is 0 Å². The molecular formula is C12H22N2O. The summed E-state index contributed by atoms with van der Waals surface area (Å²) >= 11 is 0. The molecule has 2 fully saturated rings. The second kappa shape index (κ2) is 5.50. The summed E-state index contributed by atoms with van der Waals surface area (Å²) in [7, 11) is 0. The molecule has 2 N–H and O–H groups in total. The number of amides is 1. The van der Waals surface area contributed by atoms with Gasteiger partial charge >= 0.3 is 0 Å². The summed E-state index contributed by atoms with van der Waals surface area (Å²) in [6.07, 6.45) is 8.23. The van der Waals surface area contributed by atoms with Gasteiger partial charge in [-0.05, 0) is 31.7 Å². The fraction of sp³-hybridized carbons (Fsp3) is 0.917. The minimum absolute atomic E-state index is 0.260. The molecule has 0 unspecified atom stereocenters. The van der Waals surface area contributed by atoms with Gasteiger partial charge in [0.15, 0.2) is 0 Å². The Morgan fingerprint density at radius 1 is 1.27 bits per heavy atom. The average Bonchev–Trinajstić information content (AvgIpc) is 2.17. The molecule has 1 saturated heterocycles. The van der Waals surface area contributed by atoms with Gasteiger partial charge < -0.3 is 10.6 Å². The fourth-order valence-electron chi connectivity index (χ4n) is 2.39. The molecule has 1 aliphatic heterocycles. The summed E-state index contributed by atoms with van der Waals surface area (Å²) in [6.45, 7) is 2.06. The Morgan fingerprint density at radius 2 is 2.13 bits per heavy atom. The van der Waals surface area contributed by atoms with E-state index >= 15 is 0 Å². The molecule has 0 spiro atoms. The summed E-state index contributed by atoms with van der Waals surface area (Å²) in [5.41, 5.74) is 0. The molecule has 1 atom stereocenters. The lowest BCUT2D eigenvalue weighted by atomic mass is 9.82. The normalized spacial score (nSPS) is 27.1. The summed E-state index contributed by atoms with van der Waals surface area (Å²) in [5.74, 6) is 1.11. The van der Waals surface area contributed by atoms with Crippen molar-refractivity contribution in [3.05, 3.63) is 0 Å². The third-order valence-corrected chi connectivity index (χ3v) is 3.67. The first-order chi connectivity index (χ1) is 7.34. The van der Waals surface area contributed by atoms with Crippen LogP contribution >= 0.6 is 0 Å². The monoisotopic (exact) mass is 210 g/mol. The summed E-state index contributed by atoms with van der Waals surface area (Å²) in [4.78, 5) is 11.6. The van der Waals surface area contributed by atoms with Crippen molar-refractivity contribution in [3.63, 3.8) is 0 Å². The van der Waals surface area contributed by atoms with Crippen LogP contribution in [0.15, 0.2) is 0 Å². The van der Waals surface area contributed by atoms with Gasteiger partial charge in [-0.3, -0.25) is 4.79 Å². The fourth-order valence-corrected chi connectivity index (χ4v) is 2.39. The van der Waals surface area contributed by atoms with Gasteiger partial charge in [0.05, 0.1) is 0 Å². The first-order valence-electron chi connectivity index (χ1n) is 6.34. The van der Waals surface area contributed by atoms with E-state index in [1.165, 1.54) is 25.7 Å². The Kier molecular flexibility index (Phi) is 4.01. The minimum atomic E-state index is 0.260. The molecule has 0 radical (unpaired) electrons. The van der Waals surface area contributed by atoms with E-state index in [9.17, 15) is 4.79 Å². The number of piperidine rings is 1. The first-order valence-corrected chi connectivity index (χ1v) is 6.34. The van der Waals surface area contributed by atoms with Crippen LogP contribution < -0.4 is 10.6 Å².